The van der Waals surface area contributed by atoms with Gasteiger partial charge in [0.1, 0.15) is 6.54 Å². The summed E-state index contributed by atoms with van der Waals surface area (Å²) in [6.45, 7) is 2.22. The lowest BCUT2D eigenvalue weighted by atomic mass is 10.2. The first-order chi connectivity index (χ1) is 13.6. The molecule has 4 aromatic rings. The van der Waals surface area contributed by atoms with Crippen LogP contribution < -0.4 is 10.6 Å². The Hall–Kier alpha value is -3.38. The lowest BCUT2D eigenvalue weighted by molar-refractivity contribution is -0.116. The number of hydrogen-bond acceptors (Lipinski definition) is 3. The second kappa shape index (κ2) is 7.70. The third-order valence-corrected chi connectivity index (χ3v) is 5.34. The molecule has 0 atom stereocenters. The number of amides is 2. The molecule has 0 fully saturated rings. The van der Waals surface area contributed by atoms with Crippen LogP contribution in [0.3, 0.4) is 0 Å². The lowest BCUT2D eigenvalue weighted by Crippen LogP contribution is -2.19. The molecule has 4 rings (SSSR count). The number of aromatic nitrogens is 1. The van der Waals surface area contributed by atoms with Gasteiger partial charge in [-0.05, 0) is 54.1 Å². The fourth-order valence-electron chi connectivity index (χ4n) is 3.18. The number of thiophene rings is 1. The van der Waals surface area contributed by atoms with E-state index in [1.807, 2.05) is 47.2 Å². The number of fused-ring (bicyclic) bond motifs is 1. The monoisotopic (exact) mass is 389 g/mol. The molecule has 2 N–H and O–H groups in total. The van der Waals surface area contributed by atoms with E-state index >= 15 is 0 Å². The summed E-state index contributed by atoms with van der Waals surface area (Å²) in [7, 11) is 0. The second-order valence-corrected chi connectivity index (χ2v) is 7.44. The minimum Gasteiger partial charge on any atom is -0.335 e. The Labute approximate surface area is 166 Å². The van der Waals surface area contributed by atoms with Crippen molar-refractivity contribution in [2.24, 2.45) is 0 Å². The molecule has 0 radical (unpaired) electrons. The largest absolute Gasteiger partial charge is 0.335 e. The first-order valence-electron chi connectivity index (χ1n) is 8.90. The average molecular weight is 389 g/mol. The van der Waals surface area contributed by atoms with Gasteiger partial charge in [0.2, 0.25) is 5.91 Å². The van der Waals surface area contributed by atoms with Crippen molar-refractivity contribution in [3.8, 4) is 0 Å². The summed E-state index contributed by atoms with van der Waals surface area (Å²) in [6.07, 6.45) is 0. The third kappa shape index (κ3) is 3.82. The fraction of sp³-hybridized carbons (Fsp3) is 0.0909. The van der Waals surface area contributed by atoms with Crippen molar-refractivity contribution in [1.29, 1.82) is 0 Å². The van der Waals surface area contributed by atoms with Crippen LogP contribution in [0.5, 0.6) is 0 Å². The Morgan fingerprint density at radius 3 is 2.50 bits per heavy atom. The van der Waals surface area contributed by atoms with Gasteiger partial charge < -0.3 is 15.2 Å². The minimum atomic E-state index is -0.159. The number of carbonyl (C=O) groups excluding carboxylic acids is 2. The summed E-state index contributed by atoms with van der Waals surface area (Å²) < 4.78 is 1.99. The van der Waals surface area contributed by atoms with Gasteiger partial charge >= 0.3 is 0 Å². The normalized spacial score (nSPS) is 10.8. The van der Waals surface area contributed by atoms with Gasteiger partial charge in [0, 0.05) is 22.6 Å². The Bertz CT molecular complexity index is 1150. The summed E-state index contributed by atoms with van der Waals surface area (Å²) in [6, 6.07) is 20.8. The molecule has 0 spiro atoms. The lowest BCUT2D eigenvalue weighted by Gasteiger charge is -2.11. The number of benzene rings is 2. The zero-order valence-corrected chi connectivity index (χ0v) is 16.1. The molecule has 6 heteroatoms. The minimum absolute atomic E-state index is 0.119. The van der Waals surface area contributed by atoms with Gasteiger partial charge in [-0.2, -0.15) is 0 Å². The van der Waals surface area contributed by atoms with E-state index < -0.39 is 0 Å². The molecule has 28 heavy (non-hydrogen) atoms. The summed E-state index contributed by atoms with van der Waals surface area (Å²) in [4.78, 5) is 25.4. The molecule has 5 nitrogen and oxygen atoms in total. The highest BCUT2D eigenvalue weighted by atomic mass is 32.1. The number of para-hydroxylation sites is 1. The van der Waals surface area contributed by atoms with Gasteiger partial charge in [0.25, 0.3) is 5.91 Å². The molecule has 0 saturated heterocycles. The molecule has 0 aliphatic heterocycles. The predicted molar refractivity (Wildman–Crippen MR) is 114 cm³/mol. The van der Waals surface area contributed by atoms with Crippen molar-refractivity contribution in [3.05, 3.63) is 82.7 Å². The summed E-state index contributed by atoms with van der Waals surface area (Å²) in [5.74, 6) is -0.279. The van der Waals surface area contributed by atoms with Gasteiger partial charge in [0.15, 0.2) is 0 Å². The van der Waals surface area contributed by atoms with Crippen molar-refractivity contribution in [1.82, 2.24) is 4.57 Å². The van der Waals surface area contributed by atoms with Crippen molar-refractivity contribution in [3.63, 3.8) is 0 Å². The van der Waals surface area contributed by atoms with E-state index in [1.165, 1.54) is 11.3 Å². The topological polar surface area (TPSA) is 63.1 Å². The molecule has 2 heterocycles. The number of aryl methyl sites for hydroxylation is 1. The second-order valence-electron chi connectivity index (χ2n) is 6.49. The van der Waals surface area contributed by atoms with Gasteiger partial charge in [-0.15, -0.1) is 11.3 Å². The van der Waals surface area contributed by atoms with Crippen molar-refractivity contribution in [2.45, 2.75) is 13.5 Å². The van der Waals surface area contributed by atoms with Crippen LogP contribution in [0.15, 0.2) is 72.1 Å². The molecular formula is C22H19N3O2S. The fourth-order valence-corrected chi connectivity index (χ4v) is 3.80. The summed E-state index contributed by atoms with van der Waals surface area (Å²) in [5, 5.41) is 8.74. The van der Waals surface area contributed by atoms with Crippen LogP contribution >= 0.6 is 11.3 Å². The Morgan fingerprint density at radius 1 is 0.929 bits per heavy atom. The number of anilines is 2. The van der Waals surface area contributed by atoms with Crippen molar-refractivity contribution in [2.75, 3.05) is 10.6 Å². The van der Waals surface area contributed by atoms with Gasteiger partial charge in [-0.3, -0.25) is 9.59 Å². The molecular weight excluding hydrogens is 370 g/mol. The van der Waals surface area contributed by atoms with Crippen molar-refractivity contribution >= 4 is 45.4 Å². The Kier molecular flexibility index (Phi) is 4.95. The van der Waals surface area contributed by atoms with Crippen molar-refractivity contribution < 1.29 is 9.59 Å². The zero-order chi connectivity index (χ0) is 19.5. The van der Waals surface area contributed by atoms with E-state index in [9.17, 15) is 9.59 Å². The van der Waals surface area contributed by atoms with Gasteiger partial charge in [-0.25, -0.2) is 0 Å². The van der Waals surface area contributed by atoms with E-state index in [1.54, 1.807) is 30.3 Å². The van der Waals surface area contributed by atoms with Gasteiger partial charge in [0.05, 0.1) is 4.88 Å². The standard InChI is InChI=1S/C22H19N3O2S/c1-15-12-16-6-2-3-9-19(16)25(15)14-21(26)23-17-7-4-8-18(13-17)24-22(27)20-10-5-11-28-20/h2-13H,14H2,1H3,(H,23,26)(H,24,27). The van der Waals surface area contributed by atoms with Crippen LogP contribution in [0.4, 0.5) is 11.4 Å². The first kappa shape index (κ1) is 18.0. The summed E-state index contributed by atoms with van der Waals surface area (Å²) >= 11 is 1.38. The van der Waals surface area contributed by atoms with Crippen LogP contribution in [-0.4, -0.2) is 16.4 Å². The number of rotatable bonds is 5. The molecule has 0 saturated carbocycles. The third-order valence-electron chi connectivity index (χ3n) is 4.47. The molecule has 2 aromatic heterocycles. The molecule has 2 amide bonds. The van der Waals surface area contributed by atoms with Crippen LogP contribution in [0.1, 0.15) is 15.4 Å². The number of hydrogen-bond donors (Lipinski definition) is 2. The molecule has 0 unspecified atom stereocenters. The summed E-state index contributed by atoms with van der Waals surface area (Å²) in [5.41, 5.74) is 3.35. The highest BCUT2D eigenvalue weighted by molar-refractivity contribution is 7.12. The maximum Gasteiger partial charge on any atom is 0.265 e. The molecule has 0 aliphatic carbocycles. The maximum atomic E-state index is 12.6. The average Bonchev–Trinajstić information content (AvgIpc) is 3.31. The van der Waals surface area contributed by atoms with E-state index in [0.717, 1.165) is 16.6 Å². The Morgan fingerprint density at radius 2 is 1.71 bits per heavy atom. The van der Waals surface area contributed by atoms with Crippen LogP contribution in [-0.2, 0) is 11.3 Å². The van der Waals surface area contributed by atoms with E-state index in [4.69, 9.17) is 0 Å². The number of nitrogens with one attached hydrogen (secondary N) is 2. The molecule has 2 aromatic carbocycles. The number of nitrogens with zero attached hydrogens (tertiary/aromatic N) is 1. The smallest absolute Gasteiger partial charge is 0.265 e. The highest BCUT2D eigenvalue weighted by Gasteiger charge is 2.11. The molecule has 140 valence electrons. The first-order valence-corrected chi connectivity index (χ1v) is 9.78. The van der Waals surface area contributed by atoms with Crippen LogP contribution in [0.2, 0.25) is 0 Å². The molecule has 0 bridgehead atoms. The SMILES string of the molecule is Cc1cc2ccccc2n1CC(=O)Nc1cccc(NC(=O)c2cccs2)c1. The van der Waals surface area contributed by atoms with E-state index in [-0.39, 0.29) is 18.4 Å². The zero-order valence-electron chi connectivity index (χ0n) is 15.3. The quantitative estimate of drug-likeness (QED) is 0.510. The van der Waals surface area contributed by atoms with E-state index in [2.05, 4.69) is 16.7 Å². The highest BCUT2D eigenvalue weighted by Crippen LogP contribution is 2.20. The Balaban J connectivity index is 1.46. The molecule has 0 aliphatic rings. The van der Waals surface area contributed by atoms with E-state index in [0.29, 0.717) is 16.3 Å². The predicted octanol–water partition coefficient (Wildman–Crippen LogP) is 4.90. The van der Waals surface area contributed by atoms with Gasteiger partial charge in [-0.1, -0.05) is 30.3 Å². The van der Waals surface area contributed by atoms with Crippen LogP contribution in [0, 0.1) is 6.92 Å². The van der Waals surface area contributed by atoms with Crippen LogP contribution in [0.25, 0.3) is 10.9 Å². The maximum absolute atomic E-state index is 12.6. The number of carbonyl (C=O) groups is 2.